The van der Waals surface area contributed by atoms with Crippen molar-refractivity contribution in [3.63, 3.8) is 0 Å². The van der Waals surface area contributed by atoms with Gasteiger partial charge in [0.2, 0.25) is 0 Å². The van der Waals surface area contributed by atoms with E-state index in [9.17, 15) is 8.78 Å². The molecule has 2 nitrogen and oxygen atoms in total. The molecule has 0 spiro atoms. The lowest BCUT2D eigenvalue weighted by Crippen LogP contribution is -2.18. The predicted octanol–water partition coefficient (Wildman–Crippen LogP) is 4.22. The summed E-state index contributed by atoms with van der Waals surface area (Å²) in [4.78, 5) is 0. The molecule has 0 aromatic heterocycles. The topological polar surface area (TPSA) is 21.3 Å². The van der Waals surface area contributed by atoms with Gasteiger partial charge in [0.15, 0.2) is 0 Å². The Kier molecular flexibility index (Phi) is 4.99. The largest absolute Gasteiger partial charge is 0.434 e. The van der Waals surface area contributed by atoms with Gasteiger partial charge in [0.05, 0.1) is 0 Å². The fraction of sp³-hybridized carbons (Fsp3) is 0.571. The molecule has 0 heterocycles. The number of hydrogen-bond donors (Lipinski definition) is 1. The zero-order valence-corrected chi connectivity index (χ0v) is 11.6. The minimum absolute atomic E-state index is 0.194. The molecule has 0 aliphatic heterocycles. The first-order valence-electron chi connectivity index (χ1n) is 6.56. The highest BCUT2D eigenvalue weighted by molar-refractivity contribution is 6.30. The molecule has 2 rings (SSSR count). The summed E-state index contributed by atoms with van der Waals surface area (Å²) in [6.45, 7) is -0.136. The average molecular weight is 290 g/mol. The van der Waals surface area contributed by atoms with E-state index in [-0.39, 0.29) is 5.75 Å². The van der Waals surface area contributed by atoms with Crippen LogP contribution in [0.5, 0.6) is 5.75 Å². The van der Waals surface area contributed by atoms with Crippen LogP contribution in [0.4, 0.5) is 8.78 Å². The molecule has 0 amide bonds. The number of nitrogens with one attached hydrogen (secondary N) is 1. The van der Waals surface area contributed by atoms with E-state index in [0.29, 0.717) is 23.2 Å². The summed E-state index contributed by atoms with van der Waals surface area (Å²) in [5, 5.41) is 3.89. The summed E-state index contributed by atoms with van der Waals surface area (Å²) >= 11 is 5.89. The summed E-state index contributed by atoms with van der Waals surface area (Å²) in [5.41, 5.74) is 0.676. The maximum absolute atomic E-state index is 12.3. The molecule has 19 heavy (non-hydrogen) atoms. The molecular formula is C14H18ClF2NO. The van der Waals surface area contributed by atoms with Crippen LogP contribution in [0.3, 0.4) is 0 Å². The highest BCUT2D eigenvalue weighted by Crippen LogP contribution is 2.35. The van der Waals surface area contributed by atoms with Crippen molar-refractivity contribution in [1.82, 2.24) is 5.32 Å². The third-order valence-electron chi connectivity index (χ3n) is 3.38. The SMILES string of the molecule is CCCC1CC1NCc1cc(Cl)ccc1OC(F)F. The summed E-state index contributed by atoms with van der Waals surface area (Å²) in [7, 11) is 0. The molecular weight excluding hydrogens is 272 g/mol. The van der Waals surface area contributed by atoms with Gasteiger partial charge in [-0.2, -0.15) is 8.78 Å². The molecule has 0 bridgehead atoms. The third kappa shape index (κ3) is 4.32. The Balaban J connectivity index is 1.93. The molecule has 1 fully saturated rings. The summed E-state index contributed by atoms with van der Waals surface area (Å²) < 4.78 is 29.1. The van der Waals surface area contributed by atoms with Gasteiger partial charge in [-0.15, -0.1) is 0 Å². The van der Waals surface area contributed by atoms with Gasteiger partial charge in [0, 0.05) is 23.2 Å². The lowest BCUT2D eigenvalue weighted by atomic mass is 10.2. The minimum Gasteiger partial charge on any atom is -0.434 e. The lowest BCUT2D eigenvalue weighted by molar-refractivity contribution is -0.0505. The zero-order valence-electron chi connectivity index (χ0n) is 10.8. The van der Waals surface area contributed by atoms with Crippen LogP contribution in [-0.2, 0) is 6.54 Å². The number of ether oxygens (including phenoxy) is 1. The molecule has 1 aromatic carbocycles. The number of benzene rings is 1. The second kappa shape index (κ2) is 6.53. The Labute approximate surface area is 117 Å². The Morgan fingerprint density at radius 1 is 1.47 bits per heavy atom. The number of rotatable bonds is 7. The van der Waals surface area contributed by atoms with Crippen molar-refractivity contribution in [2.45, 2.75) is 45.4 Å². The second-order valence-electron chi connectivity index (χ2n) is 4.90. The van der Waals surface area contributed by atoms with Crippen molar-refractivity contribution in [3.05, 3.63) is 28.8 Å². The van der Waals surface area contributed by atoms with Crippen molar-refractivity contribution in [1.29, 1.82) is 0 Å². The van der Waals surface area contributed by atoms with Crippen molar-refractivity contribution in [2.24, 2.45) is 5.92 Å². The van der Waals surface area contributed by atoms with Crippen LogP contribution in [-0.4, -0.2) is 12.7 Å². The summed E-state index contributed by atoms with van der Waals surface area (Å²) in [6, 6.07) is 5.21. The van der Waals surface area contributed by atoms with Crippen molar-refractivity contribution in [2.75, 3.05) is 0 Å². The van der Waals surface area contributed by atoms with Gasteiger partial charge in [0.25, 0.3) is 0 Å². The van der Waals surface area contributed by atoms with Gasteiger partial charge in [-0.25, -0.2) is 0 Å². The van der Waals surface area contributed by atoms with Gasteiger partial charge in [-0.1, -0.05) is 24.9 Å². The molecule has 1 aliphatic carbocycles. The van der Waals surface area contributed by atoms with Gasteiger partial charge in [-0.3, -0.25) is 0 Å². The maximum Gasteiger partial charge on any atom is 0.387 e. The van der Waals surface area contributed by atoms with Gasteiger partial charge in [0.1, 0.15) is 5.75 Å². The first-order valence-corrected chi connectivity index (χ1v) is 6.94. The van der Waals surface area contributed by atoms with E-state index in [4.69, 9.17) is 11.6 Å². The van der Waals surface area contributed by atoms with E-state index in [0.717, 1.165) is 5.92 Å². The van der Waals surface area contributed by atoms with Gasteiger partial charge >= 0.3 is 6.61 Å². The van der Waals surface area contributed by atoms with Crippen molar-refractivity contribution in [3.8, 4) is 5.75 Å². The Bertz CT molecular complexity index is 428. The van der Waals surface area contributed by atoms with E-state index in [1.165, 1.54) is 25.3 Å². The Morgan fingerprint density at radius 3 is 2.95 bits per heavy atom. The van der Waals surface area contributed by atoms with Crippen molar-refractivity contribution >= 4 is 11.6 Å². The molecule has 1 aliphatic rings. The Morgan fingerprint density at radius 2 is 2.26 bits per heavy atom. The standard InChI is InChI=1S/C14H18ClF2NO/c1-2-3-9-7-12(9)18-8-10-6-11(15)4-5-13(10)19-14(16)17/h4-6,9,12,14,18H,2-3,7-8H2,1H3. The fourth-order valence-electron chi connectivity index (χ4n) is 2.33. The summed E-state index contributed by atoms with van der Waals surface area (Å²) in [5.74, 6) is 0.920. The van der Waals surface area contributed by atoms with Gasteiger partial charge in [-0.05, 0) is 37.0 Å². The van der Waals surface area contributed by atoms with Gasteiger partial charge < -0.3 is 10.1 Å². The minimum atomic E-state index is -2.81. The third-order valence-corrected chi connectivity index (χ3v) is 3.61. The normalized spacial score (nSPS) is 21.7. The van der Waals surface area contributed by atoms with E-state index in [2.05, 4.69) is 17.0 Å². The predicted molar refractivity (Wildman–Crippen MR) is 71.7 cm³/mol. The molecule has 0 saturated heterocycles. The monoisotopic (exact) mass is 289 g/mol. The van der Waals surface area contributed by atoms with Crippen molar-refractivity contribution < 1.29 is 13.5 Å². The Hall–Kier alpha value is -0.870. The van der Waals surface area contributed by atoms with Crippen LogP contribution in [0, 0.1) is 5.92 Å². The number of hydrogen-bond acceptors (Lipinski definition) is 2. The van der Waals surface area contributed by atoms with E-state index in [1.54, 1.807) is 12.1 Å². The van der Waals surface area contributed by atoms with Crippen LogP contribution in [0.15, 0.2) is 18.2 Å². The first-order chi connectivity index (χ1) is 9.10. The molecule has 1 aromatic rings. The number of alkyl halides is 2. The van der Waals surface area contributed by atoms with Crippen LogP contribution >= 0.6 is 11.6 Å². The first kappa shape index (κ1) is 14.5. The molecule has 0 radical (unpaired) electrons. The van der Waals surface area contributed by atoms with E-state index < -0.39 is 6.61 Å². The van der Waals surface area contributed by atoms with Crippen LogP contribution in [0.2, 0.25) is 5.02 Å². The van der Waals surface area contributed by atoms with Crippen LogP contribution < -0.4 is 10.1 Å². The maximum atomic E-state index is 12.3. The molecule has 2 atom stereocenters. The zero-order chi connectivity index (χ0) is 13.8. The van der Waals surface area contributed by atoms with Crippen LogP contribution in [0.25, 0.3) is 0 Å². The lowest BCUT2D eigenvalue weighted by Gasteiger charge is -2.12. The van der Waals surface area contributed by atoms with Crippen LogP contribution in [0.1, 0.15) is 31.7 Å². The fourth-order valence-corrected chi connectivity index (χ4v) is 2.52. The molecule has 5 heteroatoms. The smallest absolute Gasteiger partial charge is 0.387 e. The summed E-state index contributed by atoms with van der Waals surface area (Å²) in [6.07, 6.45) is 3.56. The molecule has 1 saturated carbocycles. The quantitative estimate of drug-likeness (QED) is 0.811. The van der Waals surface area contributed by atoms with E-state index in [1.807, 2.05) is 0 Å². The highest BCUT2D eigenvalue weighted by Gasteiger charge is 2.35. The molecule has 2 unspecified atom stereocenters. The highest BCUT2D eigenvalue weighted by atomic mass is 35.5. The second-order valence-corrected chi connectivity index (χ2v) is 5.34. The molecule has 106 valence electrons. The number of halogens is 3. The molecule has 1 N–H and O–H groups in total. The van der Waals surface area contributed by atoms with E-state index >= 15 is 0 Å². The average Bonchev–Trinajstić information content (AvgIpc) is 3.08.